The lowest BCUT2D eigenvalue weighted by molar-refractivity contribution is -0.0112. The number of H-pyrrole nitrogens is 1. The van der Waals surface area contributed by atoms with Crippen LogP contribution < -0.4 is 11.2 Å². The number of nitrogens with one attached hydrogen (secondary N) is 1. The van der Waals surface area contributed by atoms with E-state index >= 15 is 0 Å². The molecule has 1 aromatic rings. The molecule has 5 nitrogen and oxygen atoms in total. The fourth-order valence-corrected chi connectivity index (χ4v) is 1.68. The molecule has 1 N–H and O–H groups in total. The highest BCUT2D eigenvalue weighted by molar-refractivity contribution is 4.89. The lowest BCUT2D eigenvalue weighted by atomic mass is 10.2. The zero-order valence-electron chi connectivity index (χ0n) is 8.28. The second-order valence-electron chi connectivity index (χ2n) is 3.59. The number of hydrogen-bond donors (Lipinski definition) is 1. The summed E-state index contributed by atoms with van der Waals surface area (Å²) in [6.07, 6.45) is 0.396. The molecule has 0 spiro atoms. The molecule has 0 saturated carbocycles. The SMILES string of the molecule is O=c1[nH]c(=O)n([C@H]2CC[C@@H](CF)O2)cc1F. The third-order valence-corrected chi connectivity index (χ3v) is 2.49. The average molecular weight is 232 g/mol. The van der Waals surface area contributed by atoms with Gasteiger partial charge in [0, 0.05) is 0 Å². The molecule has 0 amide bonds. The van der Waals surface area contributed by atoms with Crippen LogP contribution in [0.1, 0.15) is 19.1 Å². The van der Waals surface area contributed by atoms with E-state index in [1.807, 2.05) is 4.98 Å². The predicted octanol–water partition coefficient (Wildman–Crippen LogP) is 0.323. The van der Waals surface area contributed by atoms with Gasteiger partial charge in [0.15, 0.2) is 0 Å². The fraction of sp³-hybridized carbons (Fsp3) is 0.556. The Labute approximate surface area is 88.7 Å². The standard InChI is InChI=1S/C9H10F2N2O3/c10-3-5-1-2-7(16-5)13-4-6(11)8(14)12-9(13)15/h4-5,7H,1-3H2,(H,12,14,15)/t5-,7+/m0/s1. The lowest BCUT2D eigenvalue weighted by Gasteiger charge is -2.13. The highest BCUT2D eigenvalue weighted by atomic mass is 19.1. The van der Waals surface area contributed by atoms with Crippen molar-refractivity contribution >= 4 is 0 Å². The van der Waals surface area contributed by atoms with E-state index in [-0.39, 0.29) is 0 Å². The van der Waals surface area contributed by atoms with Crippen molar-refractivity contribution in [3.63, 3.8) is 0 Å². The van der Waals surface area contributed by atoms with Crippen LogP contribution >= 0.6 is 0 Å². The Hall–Kier alpha value is -1.50. The molecule has 1 fully saturated rings. The first-order valence-corrected chi connectivity index (χ1v) is 4.84. The van der Waals surface area contributed by atoms with E-state index in [0.717, 1.165) is 10.8 Å². The quantitative estimate of drug-likeness (QED) is 0.798. The molecule has 1 saturated heterocycles. The minimum absolute atomic E-state index is 0.417. The molecule has 2 heterocycles. The van der Waals surface area contributed by atoms with Crippen LogP contribution in [0, 0.1) is 5.82 Å². The normalized spacial score (nSPS) is 24.9. The molecule has 1 aliphatic rings. The summed E-state index contributed by atoms with van der Waals surface area (Å²) in [5.74, 6) is -1.06. The van der Waals surface area contributed by atoms with Crippen LogP contribution in [0.3, 0.4) is 0 Å². The fourth-order valence-electron chi connectivity index (χ4n) is 1.68. The van der Waals surface area contributed by atoms with E-state index in [0.29, 0.717) is 12.8 Å². The molecule has 7 heteroatoms. The molecule has 0 aromatic carbocycles. The molecule has 16 heavy (non-hydrogen) atoms. The maximum absolute atomic E-state index is 13.0. The molecule has 0 unspecified atom stereocenters. The molecule has 1 aromatic heterocycles. The van der Waals surface area contributed by atoms with Crippen molar-refractivity contribution in [1.29, 1.82) is 0 Å². The molecule has 88 valence electrons. The van der Waals surface area contributed by atoms with Crippen molar-refractivity contribution in [3.05, 3.63) is 32.9 Å². The van der Waals surface area contributed by atoms with Crippen LogP contribution in [-0.4, -0.2) is 22.3 Å². The first-order valence-electron chi connectivity index (χ1n) is 4.84. The molecular weight excluding hydrogens is 222 g/mol. The topological polar surface area (TPSA) is 64.1 Å². The van der Waals surface area contributed by atoms with E-state index in [4.69, 9.17) is 4.74 Å². The van der Waals surface area contributed by atoms with Gasteiger partial charge in [-0.3, -0.25) is 14.3 Å². The van der Waals surface area contributed by atoms with E-state index in [1.165, 1.54) is 0 Å². The molecular formula is C9H10F2N2O3. The second kappa shape index (κ2) is 4.17. The van der Waals surface area contributed by atoms with Gasteiger partial charge in [0.1, 0.15) is 12.9 Å². The molecule has 0 radical (unpaired) electrons. The van der Waals surface area contributed by atoms with Crippen LogP contribution in [0.2, 0.25) is 0 Å². The van der Waals surface area contributed by atoms with Gasteiger partial charge in [-0.15, -0.1) is 0 Å². The second-order valence-corrected chi connectivity index (χ2v) is 3.59. The van der Waals surface area contributed by atoms with Gasteiger partial charge in [0.2, 0.25) is 5.82 Å². The van der Waals surface area contributed by atoms with Crippen LogP contribution in [0.4, 0.5) is 8.78 Å². The first-order chi connectivity index (χ1) is 7.61. The monoisotopic (exact) mass is 232 g/mol. The van der Waals surface area contributed by atoms with Crippen LogP contribution in [-0.2, 0) is 4.74 Å². The summed E-state index contributed by atoms with van der Waals surface area (Å²) in [7, 11) is 0. The highest BCUT2D eigenvalue weighted by Gasteiger charge is 2.27. The number of hydrogen-bond acceptors (Lipinski definition) is 3. The third-order valence-electron chi connectivity index (χ3n) is 2.49. The largest absolute Gasteiger partial charge is 0.352 e. The summed E-state index contributed by atoms with van der Waals surface area (Å²) in [4.78, 5) is 23.9. The number of nitrogens with zero attached hydrogens (tertiary/aromatic N) is 1. The zero-order valence-corrected chi connectivity index (χ0v) is 8.28. The van der Waals surface area contributed by atoms with Gasteiger partial charge in [0.05, 0.1) is 12.3 Å². The number of ether oxygens (including phenoxy) is 1. The lowest BCUT2D eigenvalue weighted by Crippen LogP contribution is -2.33. The van der Waals surface area contributed by atoms with E-state index in [1.54, 1.807) is 0 Å². The predicted molar refractivity (Wildman–Crippen MR) is 50.4 cm³/mol. The van der Waals surface area contributed by atoms with Crippen LogP contribution in [0.25, 0.3) is 0 Å². The zero-order chi connectivity index (χ0) is 11.7. The van der Waals surface area contributed by atoms with E-state index in [9.17, 15) is 18.4 Å². The molecule has 1 aliphatic heterocycles. The van der Waals surface area contributed by atoms with Crippen molar-refractivity contribution in [2.45, 2.75) is 25.2 Å². The summed E-state index contributed by atoms with van der Waals surface area (Å²) in [5, 5.41) is 0. The summed E-state index contributed by atoms with van der Waals surface area (Å²) < 4.78 is 31.4. The first kappa shape index (κ1) is 11.0. The summed E-state index contributed by atoms with van der Waals surface area (Å²) in [5.41, 5.74) is -1.82. The molecule has 0 aliphatic carbocycles. The number of aromatic nitrogens is 2. The number of aromatic amines is 1. The Kier molecular flexibility index (Phi) is 2.86. The third kappa shape index (κ3) is 1.90. The van der Waals surface area contributed by atoms with Gasteiger partial charge in [-0.1, -0.05) is 0 Å². The molecule has 0 bridgehead atoms. The van der Waals surface area contributed by atoms with Crippen LogP contribution in [0.15, 0.2) is 15.8 Å². The summed E-state index contributed by atoms with van der Waals surface area (Å²) in [6.45, 7) is -0.642. The minimum atomic E-state index is -1.07. The van der Waals surface area contributed by atoms with Gasteiger partial charge >= 0.3 is 5.69 Å². The van der Waals surface area contributed by atoms with Crippen molar-refractivity contribution in [1.82, 2.24) is 9.55 Å². The van der Waals surface area contributed by atoms with E-state index in [2.05, 4.69) is 0 Å². The Balaban J connectivity index is 2.32. The Morgan fingerprint density at radius 2 is 2.25 bits per heavy atom. The molecule has 2 rings (SSSR count). The minimum Gasteiger partial charge on any atom is -0.352 e. The van der Waals surface area contributed by atoms with Crippen LogP contribution in [0.5, 0.6) is 0 Å². The number of halogens is 2. The van der Waals surface area contributed by atoms with Gasteiger partial charge < -0.3 is 4.74 Å². The van der Waals surface area contributed by atoms with Crippen molar-refractivity contribution in [2.24, 2.45) is 0 Å². The van der Waals surface area contributed by atoms with E-state index < -0.39 is 36.1 Å². The van der Waals surface area contributed by atoms with Gasteiger partial charge in [-0.25, -0.2) is 9.18 Å². The van der Waals surface area contributed by atoms with Gasteiger partial charge in [0.25, 0.3) is 5.56 Å². The van der Waals surface area contributed by atoms with Gasteiger partial charge in [-0.2, -0.15) is 4.39 Å². The van der Waals surface area contributed by atoms with Crippen molar-refractivity contribution in [3.8, 4) is 0 Å². The average Bonchev–Trinajstić information content (AvgIpc) is 2.71. The summed E-state index contributed by atoms with van der Waals surface area (Å²) >= 11 is 0. The Bertz CT molecular complexity index is 496. The number of alkyl halides is 1. The Morgan fingerprint density at radius 3 is 2.88 bits per heavy atom. The number of rotatable bonds is 2. The Morgan fingerprint density at radius 1 is 1.50 bits per heavy atom. The maximum Gasteiger partial charge on any atom is 0.330 e. The summed E-state index contributed by atoms with van der Waals surface area (Å²) in [6, 6.07) is 0. The van der Waals surface area contributed by atoms with Crippen molar-refractivity contribution < 1.29 is 13.5 Å². The smallest absolute Gasteiger partial charge is 0.330 e. The maximum atomic E-state index is 13.0. The van der Waals surface area contributed by atoms with Gasteiger partial charge in [-0.05, 0) is 12.8 Å². The molecule has 2 atom stereocenters. The van der Waals surface area contributed by atoms with Crippen molar-refractivity contribution in [2.75, 3.05) is 6.67 Å². The highest BCUT2D eigenvalue weighted by Crippen LogP contribution is 2.26.